The second-order valence-electron chi connectivity index (χ2n) is 5.87. The molecule has 0 aliphatic carbocycles. The van der Waals surface area contributed by atoms with E-state index in [1.807, 2.05) is 0 Å². The van der Waals surface area contributed by atoms with E-state index in [1.54, 1.807) is 0 Å². The Hall–Kier alpha value is 1.08. The van der Waals surface area contributed by atoms with Crippen LogP contribution in [0.1, 0.15) is 84.5 Å². The minimum Gasteiger partial charge on any atom is -0.412 e. The van der Waals surface area contributed by atoms with Crippen LogP contribution in [0.4, 0.5) is 0 Å². The second kappa shape index (κ2) is 19.1. The van der Waals surface area contributed by atoms with Crippen LogP contribution in [0.25, 0.3) is 0 Å². The number of hydrogen-bond donors (Lipinski definition) is 0. The van der Waals surface area contributed by atoms with Crippen LogP contribution in [0.15, 0.2) is 0 Å². The average Bonchev–Trinajstić information content (AvgIpc) is 2.32. The van der Waals surface area contributed by atoms with E-state index < -0.39 is 0 Å². The van der Waals surface area contributed by atoms with Gasteiger partial charge in [-0.1, -0.05) is 6.92 Å². The van der Waals surface area contributed by atoms with Crippen molar-refractivity contribution >= 4 is 16.3 Å². The van der Waals surface area contributed by atoms with Crippen LogP contribution in [0, 0.1) is 0 Å². The average molecular weight is 341 g/mol. The van der Waals surface area contributed by atoms with Crippen LogP contribution in [-0.4, -0.2) is 27.2 Å². The topological polar surface area (TPSA) is 63.0 Å². The van der Waals surface area contributed by atoms with Crippen molar-refractivity contribution in [3.63, 3.8) is 0 Å². The molecule has 0 bridgehead atoms. The standard InChI is InChI=1S/C15H30.Al.2H2O.Zn.2H/c1-3-5-7-9-11-13-15-14-12-10-8-6-4-2;;;;;;/h5,8H,3-4,6-7,9-15H2,1-2H3;;2*1H2;;;. The second-order valence-corrected chi connectivity index (χ2v) is 9.92. The summed E-state index contributed by atoms with van der Waals surface area (Å²) in [7, 11) is 0. The molecule has 113 valence electrons. The molecule has 2 unspecified atom stereocenters. The van der Waals surface area contributed by atoms with E-state index in [0.29, 0.717) is 0 Å². The minimum atomic E-state index is 0. The van der Waals surface area contributed by atoms with Gasteiger partial charge in [0, 0.05) is 0 Å². The van der Waals surface area contributed by atoms with Gasteiger partial charge >= 0.3 is 121 Å². The molecule has 0 radical (unpaired) electrons. The van der Waals surface area contributed by atoms with Crippen LogP contribution >= 0.6 is 0 Å². The Morgan fingerprint density at radius 3 is 1.74 bits per heavy atom. The van der Waals surface area contributed by atoms with Gasteiger partial charge in [0.25, 0.3) is 0 Å². The van der Waals surface area contributed by atoms with E-state index in [9.17, 15) is 0 Å². The van der Waals surface area contributed by atoms with Gasteiger partial charge < -0.3 is 11.0 Å². The largest absolute Gasteiger partial charge is 0.412 e. The Kier molecular flexibility index (Phi) is 25.2. The Morgan fingerprint density at radius 2 is 1.26 bits per heavy atom. The summed E-state index contributed by atoms with van der Waals surface area (Å²) in [6.07, 6.45) is 16.3. The summed E-state index contributed by atoms with van der Waals surface area (Å²) in [6, 6.07) is 0. The molecule has 0 aliphatic rings. The maximum Gasteiger partial charge on any atom is -0.412 e. The Morgan fingerprint density at radius 1 is 0.789 bits per heavy atom. The van der Waals surface area contributed by atoms with Gasteiger partial charge in [0.15, 0.2) is 0 Å². The van der Waals surface area contributed by atoms with Crippen LogP contribution in [0.3, 0.4) is 0 Å². The molecule has 4 N–H and O–H groups in total. The van der Waals surface area contributed by atoms with Gasteiger partial charge in [0.1, 0.15) is 0 Å². The molecule has 2 nitrogen and oxygen atoms in total. The third-order valence-electron chi connectivity index (χ3n) is 3.92. The summed E-state index contributed by atoms with van der Waals surface area (Å²) in [4.78, 5) is 0. The predicted molar refractivity (Wildman–Crippen MR) is 85.4 cm³/mol. The van der Waals surface area contributed by atoms with Gasteiger partial charge in [-0.2, -0.15) is 0 Å². The SMILES string of the molecule is CCC[CH]([AlH2])CCCCCCCC[CH]([Zn])CC.O.O. The molecule has 0 amide bonds. The third-order valence-corrected chi connectivity index (χ3v) is 7.14. The summed E-state index contributed by atoms with van der Waals surface area (Å²) in [5.74, 6) is 0. The van der Waals surface area contributed by atoms with Gasteiger partial charge in [-0.3, -0.25) is 0 Å². The number of hydrogen-bond acceptors (Lipinski definition) is 0. The molecule has 0 aromatic heterocycles. The van der Waals surface area contributed by atoms with E-state index in [0.717, 1.165) is 9.29 Å². The van der Waals surface area contributed by atoms with Crippen molar-refractivity contribution in [3.05, 3.63) is 0 Å². The van der Waals surface area contributed by atoms with E-state index in [-0.39, 0.29) is 11.0 Å². The molecular formula is C15H36AlO2Zn. The zero-order valence-electron chi connectivity index (χ0n) is 13.6. The molecule has 4 heteroatoms. The molecule has 0 rings (SSSR count). The van der Waals surface area contributed by atoms with Gasteiger partial charge in [-0.15, -0.1) is 0 Å². The number of rotatable bonds is 12. The Bertz CT molecular complexity index is 159. The molecular weight excluding hydrogens is 305 g/mol. The van der Waals surface area contributed by atoms with Crippen LogP contribution < -0.4 is 0 Å². The number of unbranched alkanes of at least 4 members (excludes halogenated alkanes) is 5. The van der Waals surface area contributed by atoms with E-state index >= 15 is 0 Å². The molecule has 19 heavy (non-hydrogen) atoms. The fraction of sp³-hybridized carbons (Fsp3) is 1.00. The summed E-state index contributed by atoms with van der Waals surface area (Å²) in [6.45, 7) is 4.67. The first-order valence-electron chi connectivity index (χ1n) is 8.03. The van der Waals surface area contributed by atoms with Crippen LogP contribution in [-0.2, 0) is 18.3 Å². The molecule has 0 aromatic carbocycles. The normalized spacial score (nSPS) is 13.3. The van der Waals surface area contributed by atoms with E-state index in [1.165, 1.54) is 105 Å². The third kappa shape index (κ3) is 19.1. The van der Waals surface area contributed by atoms with Gasteiger partial charge in [0.2, 0.25) is 0 Å². The van der Waals surface area contributed by atoms with Crippen molar-refractivity contribution in [1.29, 1.82) is 0 Å². The molecule has 0 heterocycles. The monoisotopic (exact) mass is 339 g/mol. The van der Waals surface area contributed by atoms with Crippen molar-refractivity contribution < 1.29 is 29.3 Å². The van der Waals surface area contributed by atoms with E-state index in [4.69, 9.17) is 0 Å². The van der Waals surface area contributed by atoms with Gasteiger partial charge in [-0.05, 0) is 0 Å². The first-order valence-corrected chi connectivity index (χ1v) is 10.9. The zero-order chi connectivity index (χ0) is 12.9. The first-order chi connectivity index (χ1) is 8.20. The quantitative estimate of drug-likeness (QED) is 0.386. The molecule has 0 aliphatic heterocycles. The van der Waals surface area contributed by atoms with Crippen LogP contribution in [0.2, 0.25) is 9.29 Å². The molecule has 0 fully saturated rings. The fourth-order valence-corrected chi connectivity index (χ4v) is 4.07. The van der Waals surface area contributed by atoms with Crippen molar-refractivity contribution in [1.82, 2.24) is 0 Å². The minimum absolute atomic E-state index is 0. The van der Waals surface area contributed by atoms with Crippen molar-refractivity contribution in [3.8, 4) is 0 Å². The summed E-state index contributed by atoms with van der Waals surface area (Å²) >= 11 is 2.93. The maximum absolute atomic E-state index is 2.34. The molecule has 0 saturated heterocycles. The maximum atomic E-state index is 2.34. The summed E-state index contributed by atoms with van der Waals surface area (Å²) < 4.78 is 2.18. The smallest absolute Gasteiger partial charge is 0.412 e. The molecule has 2 atom stereocenters. The van der Waals surface area contributed by atoms with Crippen LogP contribution in [0.5, 0.6) is 0 Å². The summed E-state index contributed by atoms with van der Waals surface area (Å²) in [5.41, 5.74) is 0. The predicted octanol–water partition coefficient (Wildman–Crippen LogP) is 3.42. The zero-order valence-corrected chi connectivity index (χ0v) is 18.6. The molecule has 0 spiro atoms. The van der Waals surface area contributed by atoms with Gasteiger partial charge in [0.05, 0.1) is 0 Å². The Balaban J connectivity index is -0.00000128. The Labute approximate surface area is 139 Å². The molecule has 0 saturated carbocycles. The van der Waals surface area contributed by atoms with Crippen molar-refractivity contribution in [2.75, 3.05) is 0 Å². The van der Waals surface area contributed by atoms with Gasteiger partial charge in [-0.25, -0.2) is 0 Å². The summed E-state index contributed by atoms with van der Waals surface area (Å²) in [5, 5.41) is 0. The van der Waals surface area contributed by atoms with Crippen molar-refractivity contribution in [2.45, 2.75) is 93.8 Å². The van der Waals surface area contributed by atoms with Crippen molar-refractivity contribution in [2.24, 2.45) is 0 Å². The van der Waals surface area contributed by atoms with E-state index in [2.05, 4.69) is 13.8 Å². The molecule has 0 aromatic rings. The first kappa shape index (κ1) is 25.1. The fourth-order valence-electron chi connectivity index (χ4n) is 2.47.